The fourth-order valence-electron chi connectivity index (χ4n) is 3.32. The first-order chi connectivity index (χ1) is 16.7. The quantitative estimate of drug-likeness (QED) is 0.227. The number of hydrogen-bond acceptors (Lipinski definition) is 8. The normalized spacial score (nSPS) is 12.9. The number of hydrogen-bond donors (Lipinski definition) is 2. The molecular formula is C23H21ClN4O6S. The van der Waals surface area contributed by atoms with Crippen molar-refractivity contribution < 1.29 is 22.8 Å². The predicted octanol–water partition coefficient (Wildman–Crippen LogP) is 5.20. The number of hydrazone groups is 1. The highest BCUT2D eigenvalue weighted by atomic mass is 35.5. The lowest BCUT2D eigenvalue weighted by Crippen LogP contribution is -2.15. The molecule has 0 amide bonds. The lowest BCUT2D eigenvalue weighted by molar-refractivity contribution is -0.385. The van der Waals surface area contributed by atoms with Crippen LogP contribution in [-0.4, -0.2) is 25.8 Å². The maximum atomic E-state index is 13.1. The van der Waals surface area contributed by atoms with Gasteiger partial charge in [0.1, 0.15) is 4.90 Å². The molecule has 0 unspecified atom stereocenters. The number of aryl methyl sites for hydroxylation is 1. The summed E-state index contributed by atoms with van der Waals surface area (Å²) in [5.74, 6) is 1.40. The molecule has 3 aromatic carbocycles. The fourth-order valence-corrected chi connectivity index (χ4v) is 4.81. The average molecular weight is 517 g/mol. The van der Waals surface area contributed by atoms with Crippen molar-refractivity contribution in [2.75, 3.05) is 16.9 Å². The molecule has 0 aliphatic carbocycles. The van der Waals surface area contributed by atoms with Gasteiger partial charge in [-0.1, -0.05) is 29.8 Å². The zero-order valence-electron chi connectivity index (χ0n) is 18.5. The molecule has 0 fully saturated rings. The number of anilines is 2. The van der Waals surface area contributed by atoms with Gasteiger partial charge in [0.25, 0.3) is 15.7 Å². The van der Waals surface area contributed by atoms with E-state index in [2.05, 4.69) is 15.2 Å². The third-order valence-corrected chi connectivity index (χ3v) is 6.90. The van der Waals surface area contributed by atoms with Crippen molar-refractivity contribution >= 4 is 44.4 Å². The van der Waals surface area contributed by atoms with Crippen LogP contribution in [0.1, 0.15) is 18.9 Å². The Morgan fingerprint density at radius 3 is 2.63 bits per heavy atom. The number of nitrogens with one attached hydrogen (secondary N) is 2. The summed E-state index contributed by atoms with van der Waals surface area (Å²) in [5, 5.41) is 15.7. The highest BCUT2D eigenvalue weighted by Crippen LogP contribution is 2.33. The summed E-state index contributed by atoms with van der Waals surface area (Å²) in [6.45, 7) is 2.00. The van der Waals surface area contributed by atoms with Gasteiger partial charge in [0.2, 0.25) is 6.79 Å². The van der Waals surface area contributed by atoms with Crippen molar-refractivity contribution in [2.45, 2.75) is 24.7 Å². The van der Waals surface area contributed by atoms with E-state index < -0.39 is 14.9 Å². The molecule has 0 saturated heterocycles. The lowest BCUT2D eigenvalue weighted by Gasteiger charge is -2.13. The van der Waals surface area contributed by atoms with E-state index in [-0.39, 0.29) is 33.8 Å². The van der Waals surface area contributed by atoms with Gasteiger partial charge in [-0.2, -0.15) is 5.10 Å². The first kappa shape index (κ1) is 24.3. The van der Waals surface area contributed by atoms with Crippen molar-refractivity contribution in [3.63, 3.8) is 0 Å². The topological polar surface area (TPSA) is 132 Å². The smallest absolute Gasteiger partial charge is 0.270 e. The lowest BCUT2D eigenvalue weighted by atomic mass is 10.1. The molecule has 3 aromatic rings. The Morgan fingerprint density at radius 1 is 1.09 bits per heavy atom. The summed E-state index contributed by atoms with van der Waals surface area (Å²) in [6, 6.07) is 15.5. The van der Waals surface area contributed by atoms with Crippen molar-refractivity contribution in [3.05, 3.63) is 81.4 Å². The van der Waals surface area contributed by atoms with E-state index in [1.165, 1.54) is 24.3 Å². The van der Waals surface area contributed by atoms with Gasteiger partial charge in [0.15, 0.2) is 11.5 Å². The standard InChI is InChI=1S/C23H21ClN4O6S/c1-15(6-7-16-8-11-21-22(12-16)34-14-33-21)25-26-20-10-9-17(28(29)30)13-23(20)35(31,32)27-19-5-3-2-4-18(19)24/h2-5,8-13,26-27H,6-7,14H2,1H3. The molecule has 0 bridgehead atoms. The SMILES string of the molecule is CC(CCc1ccc2c(c1)OCO2)=NNc1ccc([N+](=O)[O-])cc1S(=O)(=O)Nc1ccccc1Cl. The van der Waals surface area contributed by atoms with E-state index >= 15 is 0 Å². The first-order valence-corrected chi connectivity index (χ1v) is 12.3. The first-order valence-electron chi connectivity index (χ1n) is 10.5. The van der Waals surface area contributed by atoms with Gasteiger partial charge in [-0.3, -0.25) is 20.3 Å². The zero-order valence-corrected chi connectivity index (χ0v) is 20.1. The number of para-hydroxylation sites is 1. The minimum absolute atomic E-state index is 0.0811. The van der Waals surface area contributed by atoms with E-state index in [9.17, 15) is 18.5 Å². The van der Waals surface area contributed by atoms with Crippen LogP contribution in [0.15, 0.2) is 70.7 Å². The largest absolute Gasteiger partial charge is 0.454 e. The molecule has 12 heteroatoms. The molecule has 0 aromatic heterocycles. The Labute approximate surface area is 206 Å². The molecule has 1 aliphatic heterocycles. The summed E-state index contributed by atoms with van der Waals surface area (Å²) in [7, 11) is -4.23. The number of ether oxygens (including phenoxy) is 2. The molecule has 0 atom stereocenters. The summed E-state index contributed by atoms with van der Waals surface area (Å²) in [4.78, 5) is 10.3. The molecule has 182 valence electrons. The van der Waals surface area contributed by atoms with Crippen LogP contribution in [0.25, 0.3) is 0 Å². The second kappa shape index (κ2) is 10.2. The van der Waals surface area contributed by atoms with Gasteiger partial charge in [-0.05, 0) is 55.7 Å². The highest BCUT2D eigenvalue weighted by Gasteiger charge is 2.23. The van der Waals surface area contributed by atoms with Gasteiger partial charge in [-0.15, -0.1) is 0 Å². The van der Waals surface area contributed by atoms with Gasteiger partial charge < -0.3 is 9.47 Å². The Bertz CT molecular complexity index is 1410. The molecule has 10 nitrogen and oxygen atoms in total. The number of nitrogens with zero attached hydrogens (tertiary/aromatic N) is 2. The number of halogens is 1. The summed E-state index contributed by atoms with van der Waals surface area (Å²) in [5.41, 5.74) is 4.32. The molecule has 35 heavy (non-hydrogen) atoms. The fraction of sp³-hybridized carbons (Fsp3) is 0.174. The third kappa shape index (κ3) is 5.81. The van der Waals surface area contributed by atoms with Crippen molar-refractivity contribution in [3.8, 4) is 11.5 Å². The summed E-state index contributed by atoms with van der Waals surface area (Å²) in [6.07, 6.45) is 1.26. The number of benzene rings is 3. The Balaban J connectivity index is 1.53. The molecule has 0 spiro atoms. The van der Waals surface area contributed by atoms with E-state index in [1.54, 1.807) is 19.1 Å². The van der Waals surface area contributed by atoms with Crippen LogP contribution in [-0.2, 0) is 16.4 Å². The van der Waals surface area contributed by atoms with E-state index in [1.807, 2.05) is 18.2 Å². The van der Waals surface area contributed by atoms with Crippen LogP contribution in [0.3, 0.4) is 0 Å². The van der Waals surface area contributed by atoms with Crippen LogP contribution in [0.2, 0.25) is 5.02 Å². The van der Waals surface area contributed by atoms with E-state index in [4.69, 9.17) is 21.1 Å². The Kier molecular flexibility index (Phi) is 7.08. The van der Waals surface area contributed by atoms with Crippen LogP contribution < -0.4 is 19.6 Å². The van der Waals surface area contributed by atoms with Crippen LogP contribution >= 0.6 is 11.6 Å². The number of non-ortho nitro benzene ring substituents is 1. The molecule has 0 radical (unpaired) electrons. The Hall–Kier alpha value is -3.83. The van der Waals surface area contributed by atoms with Crippen molar-refractivity contribution in [2.24, 2.45) is 5.10 Å². The number of rotatable bonds is 9. The number of nitro benzene ring substituents is 1. The molecule has 4 rings (SSSR count). The molecular weight excluding hydrogens is 496 g/mol. The van der Waals surface area contributed by atoms with Crippen LogP contribution in [0.4, 0.5) is 17.1 Å². The van der Waals surface area contributed by atoms with Crippen molar-refractivity contribution in [1.82, 2.24) is 0 Å². The van der Waals surface area contributed by atoms with Gasteiger partial charge >= 0.3 is 0 Å². The number of nitro groups is 1. The molecule has 1 aliphatic rings. The second-order valence-corrected chi connectivity index (χ2v) is 9.73. The van der Waals surface area contributed by atoms with Gasteiger partial charge in [0, 0.05) is 17.8 Å². The maximum absolute atomic E-state index is 13.1. The monoisotopic (exact) mass is 516 g/mol. The van der Waals surface area contributed by atoms with E-state index in [0.717, 1.165) is 11.6 Å². The van der Waals surface area contributed by atoms with Crippen LogP contribution in [0.5, 0.6) is 11.5 Å². The van der Waals surface area contributed by atoms with Crippen LogP contribution in [0, 0.1) is 10.1 Å². The minimum atomic E-state index is -4.23. The van der Waals surface area contributed by atoms with Gasteiger partial charge in [0.05, 0.1) is 21.3 Å². The molecule has 0 saturated carbocycles. The zero-order chi connectivity index (χ0) is 25.0. The number of fused-ring (bicyclic) bond motifs is 1. The predicted molar refractivity (Wildman–Crippen MR) is 133 cm³/mol. The minimum Gasteiger partial charge on any atom is -0.454 e. The second-order valence-electron chi connectivity index (χ2n) is 7.67. The third-order valence-electron chi connectivity index (χ3n) is 5.16. The average Bonchev–Trinajstić information content (AvgIpc) is 3.30. The highest BCUT2D eigenvalue weighted by molar-refractivity contribution is 7.93. The molecule has 1 heterocycles. The maximum Gasteiger partial charge on any atom is 0.270 e. The Morgan fingerprint density at radius 2 is 1.86 bits per heavy atom. The van der Waals surface area contributed by atoms with Gasteiger partial charge in [-0.25, -0.2) is 8.42 Å². The summed E-state index contributed by atoms with van der Waals surface area (Å²) >= 11 is 6.07. The number of sulfonamides is 1. The van der Waals surface area contributed by atoms with E-state index in [0.29, 0.717) is 30.1 Å². The van der Waals surface area contributed by atoms with Crippen molar-refractivity contribution in [1.29, 1.82) is 0 Å². The molecule has 2 N–H and O–H groups in total. The summed E-state index contributed by atoms with van der Waals surface area (Å²) < 4.78 is 39.3.